The lowest BCUT2D eigenvalue weighted by atomic mass is 10.1. The summed E-state index contributed by atoms with van der Waals surface area (Å²) in [6, 6.07) is 8.02. The minimum atomic E-state index is -0.415. The van der Waals surface area contributed by atoms with Crippen molar-refractivity contribution in [1.29, 1.82) is 0 Å². The van der Waals surface area contributed by atoms with Crippen LogP contribution in [0.2, 0.25) is 0 Å². The summed E-state index contributed by atoms with van der Waals surface area (Å²) >= 11 is 0. The maximum Gasteiger partial charge on any atom is 0.307 e. The van der Waals surface area contributed by atoms with Crippen molar-refractivity contribution in [3.63, 3.8) is 0 Å². The maximum absolute atomic E-state index is 11.4. The quantitative estimate of drug-likeness (QED) is 0.588. The Bertz CT molecular complexity index is 453. The van der Waals surface area contributed by atoms with E-state index in [0.717, 1.165) is 5.56 Å². The molecule has 0 unspecified atom stereocenters. The largest absolute Gasteiger partial charge is 0.460 e. The van der Waals surface area contributed by atoms with Crippen LogP contribution in [0, 0.1) is 18.8 Å². The molecule has 0 atom stereocenters. The second-order valence-electron chi connectivity index (χ2n) is 5.25. The molecular weight excluding hydrogens is 224 g/mol. The molecule has 0 aliphatic rings. The Morgan fingerprint density at radius 1 is 1.22 bits per heavy atom. The molecule has 1 aromatic carbocycles. The van der Waals surface area contributed by atoms with Crippen molar-refractivity contribution in [2.45, 2.75) is 46.1 Å². The molecule has 0 fully saturated rings. The summed E-state index contributed by atoms with van der Waals surface area (Å²) in [5.74, 6) is 5.83. The smallest absolute Gasteiger partial charge is 0.307 e. The highest BCUT2D eigenvalue weighted by Crippen LogP contribution is 2.08. The topological polar surface area (TPSA) is 26.3 Å². The third kappa shape index (κ3) is 6.10. The van der Waals surface area contributed by atoms with Gasteiger partial charge in [0, 0.05) is 12.0 Å². The van der Waals surface area contributed by atoms with Crippen LogP contribution < -0.4 is 0 Å². The van der Waals surface area contributed by atoms with Crippen LogP contribution in [0.15, 0.2) is 24.3 Å². The normalized spacial score (nSPS) is 10.4. The molecule has 0 saturated carbocycles. The first-order valence-electron chi connectivity index (χ1n) is 6.14. The fourth-order valence-electron chi connectivity index (χ4n) is 1.36. The number of aryl methyl sites for hydroxylation is 1. The van der Waals surface area contributed by atoms with Crippen LogP contribution in [0.3, 0.4) is 0 Å². The van der Waals surface area contributed by atoms with Crippen LogP contribution in [-0.2, 0) is 9.53 Å². The molecule has 1 rings (SSSR count). The van der Waals surface area contributed by atoms with E-state index in [9.17, 15) is 4.79 Å². The zero-order valence-electron chi connectivity index (χ0n) is 11.5. The molecule has 0 heterocycles. The predicted octanol–water partition coefficient (Wildman–Crippen LogP) is 3.47. The summed E-state index contributed by atoms with van der Waals surface area (Å²) in [5.41, 5.74) is 1.78. The number of benzene rings is 1. The summed E-state index contributed by atoms with van der Waals surface area (Å²) in [4.78, 5) is 11.4. The summed E-state index contributed by atoms with van der Waals surface area (Å²) < 4.78 is 5.20. The summed E-state index contributed by atoms with van der Waals surface area (Å²) in [7, 11) is 0. The molecule has 96 valence electrons. The summed E-state index contributed by atoms with van der Waals surface area (Å²) in [5, 5.41) is 0. The van der Waals surface area contributed by atoms with Crippen molar-refractivity contribution in [3.8, 4) is 11.8 Å². The van der Waals surface area contributed by atoms with Gasteiger partial charge in [0.25, 0.3) is 0 Å². The highest BCUT2D eigenvalue weighted by Gasteiger charge is 2.15. The Morgan fingerprint density at radius 2 is 1.83 bits per heavy atom. The third-order valence-electron chi connectivity index (χ3n) is 2.16. The molecule has 0 aliphatic heterocycles. The van der Waals surface area contributed by atoms with Crippen LogP contribution in [0.4, 0.5) is 0 Å². The van der Waals surface area contributed by atoms with Crippen molar-refractivity contribution in [2.75, 3.05) is 0 Å². The highest BCUT2D eigenvalue weighted by molar-refractivity contribution is 5.70. The molecule has 2 heteroatoms. The van der Waals surface area contributed by atoms with Gasteiger partial charge < -0.3 is 4.74 Å². The lowest BCUT2D eigenvalue weighted by molar-refractivity contribution is -0.154. The fourth-order valence-corrected chi connectivity index (χ4v) is 1.36. The van der Waals surface area contributed by atoms with Crippen molar-refractivity contribution in [1.82, 2.24) is 0 Å². The van der Waals surface area contributed by atoms with E-state index in [0.29, 0.717) is 12.8 Å². The minimum Gasteiger partial charge on any atom is -0.460 e. The van der Waals surface area contributed by atoms with Gasteiger partial charge in [-0.05, 0) is 39.8 Å². The van der Waals surface area contributed by atoms with Crippen LogP contribution in [-0.4, -0.2) is 11.6 Å². The number of hydrogen-bond acceptors (Lipinski definition) is 2. The molecule has 0 aliphatic carbocycles. The molecule has 0 N–H and O–H groups in total. The second-order valence-corrected chi connectivity index (χ2v) is 5.25. The van der Waals surface area contributed by atoms with E-state index in [1.54, 1.807) is 0 Å². The third-order valence-corrected chi connectivity index (χ3v) is 2.16. The van der Waals surface area contributed by atoms with Crippen molar-refractivity contribution >= 4 is 5.97 Å². The average molecular weight is 244 g/mol. The lowest BCUT2D eigenvalue weighted by Gasteiger charge is -2.18. The van der Waals surface area contributed by atoms with E-state index in [2.05, 4.69) is 11.8 Å². The SMILES string of the molecule is Cc1ccc(C#CCCC(=O)OC(C)(C)C)cc1. The van der Waals surface area contributed by atoms with Crippen molar-refractivity contribution in [2.24, 2.45) is 0 Å². The molecule has 0 bridgehead atoms. The molecule has 0 saturated heterocycles. The monoisotopic (exact) mass is 244 g/mol. The molecule has 0 amide bonds. The molecule has 0 radical (unpaired) electrons. The minimum absolute atomic E-state index is 0.194. The highest BCUT2D eigenvalue weighted by atomic mass is 16.6. The van der Waals surface area contributed by atoms with Crippen LogP contribution >= 0.6 is 0 Å². The van der Waals surface area contributed by atoms with Gasteiger partial charge in [-0.25, -0.2) is 0 Å². The van der Waals surface area contributed by atoms with E-state index in [1.165, 1.54) is 5.56 Å². The Labute approximate surface area is 109 Å². The molecular formula is C16H20O2. The zero-order chi connectivity index (χ0) is 13.6. The van der Waals surface area contributed by atoms with Gasteiger partial charge >= 0.3 is 5.97 Å². The van der Waals surface area contributed by atoms with Gasteiger partial charge in [-0.2, -0.15) is 0 Å². The summed E-state index contributed by atoms with van der Waals surface area (Å²) in [6.45, 7) is 7.63. The van der Waals surface area contributed by atoms with E-state index >= 15 is 0 Å². The lowest BCUT2D eigenvalue weighted by Crippen LogP contribution is -2.23. The second kappa shape index (κ2) is 6.26. The Kier molecular flexibility index (Phi) is 4.97. The van der Waals surface area contributed by atoms with E-state index < -0.39 is 5.60 Å². The molecule has 1 aromatic rings. The van der Waals surface area contributed by atoms with Gasteiger partial charge in [0.2, 0.25) is 0 Å². The average Bonchev–Trinajstić information content (AvgIpc) is 2.24. The number of esters is 1. The Hall–Kier alpha value is -1.75. The molecule has 0 aromatic heterocycles. The Morgan fingerprint density at radius 3 is 2.39 bits per heavy atom. The van der Waals surface area contributed by atoms with Crippen LogP contribution in [0.25, 0.3) is 0 Å². The van der Waals surface area contributed by atoms with Gasteiger partial charge in [-0.15, -0.1) is 0 Å². The number of ether oxygens (including phenoxy) is 1. The zero-order valence-corrected chi connectivity index (χ0v) is 11.5. The number of carbonyl (C=O) groups excluding carboxylic acids is 1. The van der Waals surface area contributed by atoms with E-state index in [-0.39, 0.29) is 5.97 Å². The number of hydrogen-bond donors (Lipinski definition) is 0. The van der Waals surface area contributed by atoms with E-state index in [1.807, 2.05) is 52.0 Å². The standard InChI is InChI=1S/C16H20O2/c1-13-9-11-14(12-10-13)7-5-6-8-15(17)18-16(2,3)4/h9-12H,6,8H2,1-4H3. The van der Waals surface area contributed by atoms with Crippen LogP contribution in [0.1, 0.15) is 44.7 Å². The predicted molar refractivity (Wildman–Crippen MR) is 73.1 cm³/mol. The van der Waals surface area contributed by atoms with E-state index in [4.69, 9.17) is 4.74 Å². The first-order chi connectivity index (χ1) is 8.37. The van der Waals surface area contributed by atoms with Gasteiger partial charge in [0.1, 0.15) is 5.60 Å². The van der Waals surface area contributed by atoms with Crippen molar-refractivity contribution < 1.29 is 9.53 Å². The Balaban J connectivity index is 2.38. The molecule has 18 heavy (non-hydrogen) atoms. The van der Waals surface area contributed by atoms with Gasteiger partial charge in [0.05, 0.1) is 6.42 Å². The van der Waals surface area contributed by atoms with Gasteiger partial charge in [-0.1, -0.05) is 29.5 Å². The van der Waals surface area contributed by atoms with Crippen molar-refractivity contribution in [3.05, 3.63) is 35.4 Å². The molecule has 0 spiro atoms. The van der Waals surface area contributed by atoms with Gasteiger partial charge in [0.15, 0.2) is 0 Å². The summed E-state index contributed by atoms with van der Waals surface area (Å²) in [6.07, 6.45) is 0.874. The first kappa shape index (κ1) is 14.3. The molecule has 2 nitrogen and oxygen atoms in total. The number of rotatable bonds is 2. The fraction of sp³-hybridized carbons (Fsp3) is 0.438. The van der Waals surface area contributed by atoms with Gasteiger partial charge in [-0.3, -0.25) is 4.79 Å². The number of carbonyl (C=O) groups is 1. The van der Waals surface area contributed by atoms with Crippen LogP contribution in [0.5, 0.6) is 0 Å². The first-order valence-corrected chi connectivity index (χ1v) is 6.14. The maximum atomic E-state index is 11.4.